The second-order valence-electron chi connectivity index (χ2n) is 10.2. The Morgan fingerprint density at radius 3 is 2.24 bits per heavy atom. The van der Waals surface area contributed by atoms with Crippen molar-refractivity contribution in [1.29, 1.82) is 0 Å². The molecule has 34 heavy (non-hydrogen) atoms. The maximum Gasteiger partial charge on any atom is 0.277 e. The van der Waals surface area contributed by atoms with E-state index in [0.717, 1.165) is 44.7 Å². The quantitative estimate of drug-likeness (QED) is 0.589. The standard InChI is InChI=1S/C26H33N7O/c34-24-22-21(18-27-31-24)29-25(33-14-4-2-1-3-5-15-33)30-23(22)28-19-6-8-20(9-7-19)32-16-12-26(10-11-26)13-17-32/h6-9,18H,1-5,10-17H2,(H,31,34)(H,28,29,30). The van der Waals surface area contributed by atoms with Crippen LogP contribution in [0.1, 0.15) is 57.8 Å². The number of rotatable bonds is 4. The number of fused-ring (bicyclic) bond motifs is 1. The van der Waals surface area contributed by atoms with Gasteiger partial charge in [0, 0.05) is 37.6 Å². The summed E-state index contributed by atoms with van der Waals surface area (Å²) in [6, 6.07) is 8.50. The molecule has 1 saturated carbocycles. The van der Waals surface area contributed by atoms with E-state index in [2.05, 4.69) is 49.6 Å². The summed E-state index contributed by atoms with van der Waals surface area (Å²) in [4.78, 5) is 26.9. The molecule has 2 saturated heterocycles. The topological polar surface area (TPSA) is 90.0 Å². The van der Waals surface area contributed by atoms with Gasteiger partial charge in [-0.2, -0.15) is 10.1 Å². The van der Waals surface area contributed by atoms with Gasteiger partial charge in [-0.05, 0) is 68.2 Å². The van der Waals surface area contributed by atoms with E-state index in [4.69, 9.17) is 9.97 Å². The van der Waals surface area contributed by atoms with Crippen LogP contribution in [0.5, 0.6) is 0 Å². The third-order valence-corrected chi connectivity index (χ3v) is 7.92. The SMILES string of the molecule is O=c1[nH]ncc2nc(N3CCCCCCC3)nc(Nc3ccc(N4CCC5(CC4)CC5)cc3)c12. The Labute approximate surface area is 199 Å². The van der Waals surface area contributed by atoms with Gasteiger partial charge in [-0.25, -0.2) is 10.1 Å². The van der Waals surface area contributed by atoms with Crippen molar-refractivity contribution in [3.05, 3.63) is 40.8 Å². The zero-order valence-corrected chi connectivity index (χ0v) is 19.7. The third-order valence-electron chi connectivity index (χ3n) is 7.92. The summed E-state index contributed by atoms with van der Waals surface area (Å²) < 4.78 is 0. The second kappa shape index (κ2) is 8.89. The molecule has 2 aliphatic heterocycles. The molecule has 8 heteroatoms. The van der Waals surface area contributed by atoms with Crippen molar-refractivity contribution in [3.8, 4) is 0 Å². The summed E-state index contributed by atoms with van der Waals surface area (Å²) in [5.74, 6) is 1.20. The lowest BCUT2D eigenvalue weighted by atomic mass is 9.93. The molecule has 6 rings (SSSR count). The monoisotopic (exact) mass is 459 g/mol. The normalized spacial score (nSPS) is 20.2. The molecule has 0 atom stereocenters. The summed E-state index contributed by atoms with van der Waals surface area (Å²) in [6.07, 6.45) is 13.1. The van der Waals surface area contributed by atoms with Crippen LogP contribution in [0.4, 0.5) is 23.1 Å². The third kappa shape index (κ3) is 4.33. The first-order valence-corrected chi connectivity index (χ1v) is 12.8. The van der Waals surface area contributed by atoms with Crippen LogP contribution in [-0.4, -0.2) is 46.3 Å². The van der Waals surface area contributed by atoms with Gasteiger partial charge >= 0.3 is 0 Å². The first-order valence-electron chi connectivity index (χ1n) is 12.8. The molecule has 3 fully saturated rings. The van der Waals surface area contributed by atoms with Crippen molar-refractivity contribution in [2.45, 2.75) is 57.8 Å². The van der Waals surface area contributed by atoms with Crippen LogP contribution in [0.15, 0.2) is 35.3 Å². The van der Waals surface area contributed by atoms with E-state index >= 15 is 0 Å². The van der Waals surface area contributed by atoms with Crippen molar-refractivity contribution in [2.24, 2.45) is 5.41 Å². The molecule has 0 amide bonds. The molecule has 2 N–H and O–H groups in total. The Morgan fingerprint density at radius 1 is 0.824 bits per heavy atom. The predicted octanol–water partition coefficient (Wildman–Crippen LogP) is 4.61. The number of nitrogens with zero attached hydrogens (tertiary/aromatic N) is 5. The summed E-state index contributed by atoms with van der Waals surface area (Å²) in [5.41, 5.74) is 3.14. The fraction of sp³-hybridized carbons (Fsp3) is 0.538. The van der Waals surface area contributed by atoms with E-state index < -0.39 is 0 Å². The minimum Gasteiger partial charge on any atom is -0.371 e. The van der Waals surface area contributed by atoms with Gasteiger partial charge in [0.2, 0.25) is 5.95 Å². The molecule has 0 radical (unpaired) electrons. The Morgan fingerprint density at radius 2 is 1.53 bits per heavy atom. The van der Waals surface area contributed by atoms with Crippen molar-refractivity contribution < 1.29 is 0 Å². The molecule has 4 heterocycles. The molecule has 0 bridgehead atoms. The average Bonchev–Trinajstić information content (AvgIpc) is 3.58. The highest BCUT2D eigenvalue weighted by Gasteiger charge is 2.44. The first-order chi connectivity index (χ1) is 16.7. The smallest absolute Gasteiger partial charge is 0.277 e. The number of hydrogen-bond donors (Lipinski definition) is 2. The summed E-state index contributed by atoms with van der Waals surface area (Å²) in [5, 5.41) is 10.4. The van der Waals surface area contributed by atoms with Crippen LogP contribution in [0, 0.1) is 5.41 Å². The highest BCUT2D eigenvalue weighted by Crippen LogP contribution is 2.53. The Bertz CT molecular complexity index is 1200. The van der Waals surface area contributed by atoms with E-state index in [1.807, 2.05) is 0 Å². The van der Waals surface area contributed by atoms with E-state index in [-0.39, 0.29) is 5.56 Å². The number of anilines is 4. The Balaban J connectivity index is 1.26. The second-order valence-corrected chi connectivity index (χ2v) is 10.2. The molecular weight excluding hydrogens is 426 g/mol. The number of nitrogens with one attached hydrogen (secondary N) is 2. The van der Waals surface area contributed by atoms with Gasteiger partial charge in [-0.15, -0.1) is 0 Å². The summed E-state index contributed by atoms with van der Waals surface area (Å²) in [7, 11) is 0. The van der Waals surface area contributed by atoms with Gasteiger partial charge in [0.05, 0.1) is 6.20 Å². The fourth-order valence-electron chi connectivity index (χ4n) is 5.48. The fourth-order valence-corrected chi connectivity index (χ4v) is 5.48. The summed E-state index contributed by atoms with van der Waals surface area (Å²) in [6.45, 7) is 4.16. The van der Waals surface area contributed by atoms with Crippen LogP contribution < -0.4 is 20.7 Å². The van der Waals surface area contributed by atoms with Crippen molar-refractivity contribution in [1.82, 2.24) is 20.2 Å². The molecule has 2 aromatic heterocycles. The Hall–Kier alpha value is -3.16. The number of piperidine rings is 1. The maximum absolute atomic E-state index is 12.6. The Kier molecular flexibility index (Phi) is 5.59. The highest BCUT2D eigenvalue weighted by molar-refractivity contribution is 5.90. The number of benzene rings is 1. The van der Waals surface area contributed by atoms with E-state index in [1.165, 1.54) is 50.6 Å². The van der Waals surface area contributed by atoms with Crippen molar-refractivity contribution >= 4 is 34.0 Å². The number of aromatic amines is 1. The predicted molar refractivity (Wildman–Crippen MR) is 136 cm³/mol. The highest BCUT2D eigenvalue weighted by atomic mass is 16.1. The molecule has 3 aromatic rings. The van der Waals surface area contributed by atoms with Gasteiger partial charge in [-0.1, -0.05) is 19.3 Å². The molecular formula is C26H33N7O. The average molecular weight is 460 g/mol. The number of aromatic nitrogens is 4. The molecule has 1 aliphatic carbocycles. The van der Waals surface area contributed by atoms with Crippen LogP contribution in [0.25, 0.3) is 10.9 Å². The van der Waals surface area contributed by atoms with Crippen LogP contribution in [-0.2, 0) is 0 Å². The van der Waals surface area contributed by atoms with Gasteiger partial charge in [-0.3, -0.25) is 4.79 Å². The minimum atomic E-state index is -0.279. The zero-order chi connectivity index (χ0) is 23.0. The molecule has 1 aromatic carbocycles. The molecule has 3 aliphatic rings. The molecule has 1 spiro atoms. The molecule has 178 valence electrons. The van der Waals surface area contributed by atoms with Crippen LogP contribution >= 0.6 is 0 Å². The largest absolute Gasteiger partial charge is 0.371 e. The van der Waals surface area contributed by atoms with Gasteiger partial charge in [0.25, 0.3) is 5.56 Å². The lowest BCUT2D eigenvalue weighted by Gasteiger charge is -2.34. The van der Waals surface area contributed by atoms with E-state index in [1.54, 1.807) is 6.20 Å². The van der Waals surface area contributed by atoms with Gasteiger partial charge in [0.1, 0.15) is 16.7 Å². The number of H-pyrrole nitrogens is 1. The van der Waals surface area contributed by atoms with E-state index in [0.29, 0.717) is 28.1 Å². The lowest BCUT2D eigenvalue weighted by molar-refractivity contribution is 0.384. The summed E-state index contributed by atoms with van der Waals surface area (Å²) >= 11 is 0. The zero-order valence-electron chi connectivity index (χ0n) is 19.7. The maximum atomic E-state index is 12.6. The van der Waals surface area contributed by atoms with Gasteiger partial charge < -0.3 is 15.1 Å². The van der Waals surface area contributed by atoms with Crippen LogP contribution in [0.3, 0.4) is 0 Å². The number of hydrogen-bond acceptors (Lipinski definition) is 7. The van der Waals surface area contributed by atoms with Crippen LogP contribution in [0.2, 0.25) is 0 Å². The minimum absolute atomic E-state index is 0.279. The molecule has 8 nitrogen and oxygen atoms in total. The first kappa shape index (κ1) is 21.4. The lowest BCUT2D eigenvalue weighted by Crippen LogP contribution is -2.34. The van der Waals surface area contributed by atoms with Crippen molar-refractivity contribution in [3.63, 3.8) is 0 Å². The van der Waals surface area contributed by atoms with Gasteiger partial charge in [0.15, 0.2) is 0 Å². The molecule has 0 unspecified atom stereocenters. The van der Waals surface area contributed by atoms with E-state index in [9.17, 15) is 4.79 Å². The van der Waals surface area contributed by atoms with Crippen molar-refractivity contribution in [2.75, 3.05) is 41.3 Å².